The van der Waals surface area contributed by atoms with E-state index >= 15 is 0 Å². The molecule has 10 heteroatoms. The largest absolute Gasteiger partial charge is 0.318 e. The fraction of sp³-hybridized carbons (Fsp3) is 0. The van der Waals surface area contributed by atoms with Crippen molar-refractivity contribution in [3.8, 4) is 0 Å². The van der Waals surface area contributed by atoms with Crippen LogP contribution in [0.1, 0.15) is 20.7 Å². The van der Waals surface area contributed by atoms with E-state index in [9.17, 15) is 28.1 Å². The summed E-state index contributed by atoms with van der Waals surface area (Å²) in [6, 6.07) is 9.83. The molecular weight excluding hydrogens is 340 g/mol. The van der Waals surface area contributed by atoms with E-state index in [1.165, 1.54) is 24.3 Å². The van der Waals surface area contributed by atoms with Crippen molar-refractivity contribution in [2.24, 2.45) is 0 Å². The quantitative estimate of drug-likeness (QED) is 0.466. The lowest BCUT2D eigenvalue weighted by atomic mass is 10.1. The first kappa shape index (κ1) is 15.8. The maximum absolute atomic E-state index is 12.2. The fourth-order valence-corrected chi connectivity index (χ4v) is 3.06. The van der Waals surface area contributed by atoms with Crippen LogP contribution in [0, 0.1) is 10.1 Å². The summed E-state index contributed by atoms with van der Waals surface area (Å²) in [6.45, 7) is 0. The molecule has 1 heterocycles. The molecule has 0 radical (unpaired) electrons. The number of imide groups is 1. The molecule has 2 amide bonds. The third-order valence-corrected chi connectivity index (χ3v) is 4.42. The Morgan fingerprint density at radius 2 is 1.54 bits per heavy atom. The van der Waals surface area contributed by atoms with Crippen LogP contribution in [0.15, 0.2) is 53.4 Å². The number of hydroxylamine groups is 2. The van der Waals surface area contributed by atoms with Crippen LogP contribution in [0.4, 0.5) is 5.69 Å². The zero-order valence-corrected chi connectivity index (χ0v) is 12.6. The summed E-state index contributed by atoms with van der Waals surface area (Å²) in [5.74, 6) is -1.85. The summed E-state index contributed by atoms with van der Waals surface area (Å²) < 4.78 is 29.0. The van der Waals surface area contributed by atoms with Crippen LogP contribution < -0.4 is 0 Å². The first-order chi connectivity index (χ1) is 11.3. The number of rotatable bonds is 4. The number of fused-ring (bicyclic) bond motifs is 1. The summed E-state index contributed by atoms with van der Waals surface area (Å²) in [6.07, 6.45) is 0. The second kappa shape index (κ2) is 5.51. The minimum absolute atomic E-state index is 0.0109. The Hall–Kier alpha value is -3.11. The number of carbonyl (C=O) groups excluding carboxylic acids is 2. The molecule has 0 N–H and O–H groups in total. The maximum Gasteiger partial charge on any atom is 0.318 e. The molecule has 0 saturated heterocycles. The highest BCUT2D eigenvalue weighted by molar-refractivity contribution is 7.86. The highest BCUT2D eigenvalue weighted by atomic mass is 32.2. The summed E-state index contributed by atoms with van der Waals surface area (Å²) >= 11 is 0. The van der Waals surface area contributed by atoms with Crippen LogP contribution in [-0.2, 0) is 14.4 Å². The minimum atomic E-state index is -4.60. The van der Waals surface area contributed by atoms with E-state index in [1.807, 2.05) is 0 Å². The van der Waals surface area contributed by atoms with Gasteiger partial charge < -0.3 is 0 Å². The van der Waals surface area contributed by atoms with Gasteiger partial charge in [-0.05, 0) is 18.2 Å². The molecule has 1 aliphatic rings. The van der Waals surface area contributed by atoms with E-state index in [-0.39, 0.29) is 16.2 Å². The van der Waals surface area contributed by atoms with E-state index in [0.29, 0.717) is 0 Å². The molecule has 0 fully saturated rings. The van der Waals surface area contributed by atoms with Gasteiger partial charge in [-0.15, -0.1) is 9.35 Å². The van der Waals surface area contributed by atoms with Crippen molar-refractivity contribution < 1.29 is 27.2 Å². The van der Waals surface area contributed by atoms with Crippen LogP contribution in [-0.4, -0.2) is 30.2 Å². The van der Waals surface area contributed by atoms with Gasteiger partial charge in [0.1, 0.15) is 4.90 Å². The van der Waals surface area contributed by atoms with Crippen molar-refractivity contribution >= 4 is 27.6 Å². The Bertz CT molecular complexity index is 949. The Balaban J connectivity index is 1.94. The molecule has 1 aliphatic heterocycles. The van der Waals surface area contributed by atoms with Gasteiger partial charge in [0.05, 0.1) is 16.1 Å². The van der Waals surface area contributed by atoms with Gasteiger partial charge in [-0.2, -0.15) is 8.42 Å². The third-order valence-electron chi connectivity index (χ3n) is 3.25. The van der Waals surface area contributed by atoms with E-state index in [4.69, 9.17) is 0 Å². The number of nitrogens with zero attached hydrogens (tertiary/aromatic N) is 2. The standard InChI is InChI=1S/C14H8N2O7S/c17-13-11-6-1-2-7-12(11)14(18)15(13)23-24(21,22)10-5-3-4-9(8-10)16(19)20/h1-8H. The van der Waals surface area contributed by atoms with Crippen LogP contribution in [0.5, 0.6) is 0 Å². The second-order valence-electron chi connectivity index (χ2n) is 4.73. The smallest absolute Gasteiger partial charge is 0.266 e. The van der Waals surface area contributed by atoms with E-state index in [0.717, 1.165) is 24.3 Å². The predicted octanol–water partition coefficient (Wildman–Crippen LogP) is 1.51. The molecule has 0 saturated carbocycles. The molecule has 2 aromatic rings. The van der Waals surface area contributed by atoms with Gasteiger partial charge in [-0.1, -0.05) is 18.2 Å². The lowest BCUT2D eigenvalue weighted by molar-refractivity contribution is -0.385. The second-order valence-corrected chi connectivity index (χ2v) is 6.26. The van der Waals surface area contributed by atoms with Crippen LogP contribution in [0.3, 0.4) is 0 Å². The average Bonchev–Trinajstić information content (AvgIpc) is 2.80. The molecular formula is C14H8N2O7S. The molecule has 0 unspecified atom stereocenters. The van der Waals surface area contributed by atoms with Gasteiger partial charge in [0.15, 0.2) is 0 Å². The molecule has 0 aromatic heterocycles. The molecule has 9 nitrogen and oxygen atoms in total. The molecule has 2 aromatic carbocycles. The van der Waals surface area contributed by atoms with Crippen molar-refractivity contribution in [2.75, 3.05) is 0 Å². The number of benzene rings is 2. The number of nitro benzene ring substituents is 1. The topological polar surface area (TPSA) is 124 Å². The van der Waals surface area contributed by atoms with Crippen molar-refractivity contribution in [2.45, 2.75) is 4.90 Å². The lowest BCUT2D eigenvalue weighted by Gasteiger charge is -2.12. The molecule has 0 bridgehead atoms. The minimum Gasteiger partial charge on any atom is -0.266 e. The Morgan fingerprint density at radius 1 is 0.958 bits per heavy atom. The number of nitro groups is 1. The van der Waals surface area contributed by atoms with Crippen molar-refractivity contribution in [3.05, 3.63) is 69.8 Å². The van der Waals surface area contributed by atoms with E-state index in [2.05, 4.69) is 4.28 Å². The monoisotopic (exact) mass is 348 g/mol. The number of non-ortho nitro benzene ring substituents is 1. The molecule has 0 atom stereocenters. The Morgan fingerprint density at radius 3 is 2.08 bits per heavy atom. The molecule has 3 rings (SSSR count). The van der Waals surface area contributed by atoms with Crippen molar-refractivity contribution in [3.63, 3.8) is 0 Å². The van der Waals surface area contributed by atoms with Gasteiger partial charge >= 0.3 is 10.1 Å². The first-order valence-electron chi connectivity index (χ1n) is 6.48. The van der Waals surface area contributed by atoms with Gasteiger partial charge in [-0.25, -0.2) is 0 Å². The third kappa shape index (κ3) is 2.53. The fourth-order valence-electron chi connectivity index (χ4n) is 2.13. The number of carbonyl (C=O) groups is 2. The zero-order chi connectivity index (χ0) is 17.5. The Labute approximate surface area is 135 Å². The van der Waals surface area contributed by atoms with Crippen molar-refractivity contribution in [1.29, 1.82) is 0 Å². The van der Waals surface area contributed by atoms with Gasteiger partial charge in [0.2, 0.25) is 0 Å². The summed E-state index contributed by atoms with van der Waals surface area (Å²) in [4.78, 5) is 33.6. The number of hydrogen-bond acceptors (Lipinski definition) is 7. The highest BCUT2D eigenvalue weighted by Crippen LogP contribution is 2.26. The van der Waals surface area contributed by atoms with Gasteiger partial charge in [-0.3, -0.25) is 19.7 Å². The first-order valence-corrected chi connectivity index (χ1v) is 7.89. The zero-order valence-electron chi connectivity index (χ0n) is 11.8. The normalized spacial score (nSPS) is 13.9. The molecule has 0 aliphatic carbocycles. The van der Waals surface area contributed by atoms with E-state index in [1.54, 1.807) is 0 Å². The van der Waals surface area contributed by atoms with Gasteiger partial charge in [0, 0.05) is 12.1 Å². The maximum atomic E-state index is 12.2. The highest BCUT2D eigenvalue weighted by Gasteiger charge is 2.40. The summed E-state index contributed by atoms with van der Waals surface area (Å²) in [7, 11) is -4.60. The lowest BCUT2D eigenvalue weighted by Crippen LogP contribution is -2.32. The molecule has 24 heavy (non-hydrogen) atoms. The van der Waals surface area contributed by atoms with Crippen LogP contribution >= 0.6 is 0 Å². The summed E-state index contributed by atoms with van der Waals surface area (Å²) in [5.41, 5.74) is -0.449. The number of hydrogen-bond donors (Lipinski definition) is 0. The Kier molecular flexibility index (Phi) is 3.62. The average molecular weight is 348 g/mol. The van der Waals surface area contributed by atoms with Crippen LogP contribution in [0.25, 0.3) is 0 Å². The van der Waals surface area contributed by atoms with E-state index < -0.39 is 37.4 Å². The van der Waals surface area contributed by atoms with Crippen LogP contribution in [0.2, 0.25) is 0 Å². The predicted molar refractivity (Wildman–Crippen MR) is 78.3 cm³/mol. The molecule has 122 valence electrons. The number of amides is 2. The molecule has 0 spiro atoms. The van der Waals surface area contributed by atoms with Gasteiger partial charge in [0.25, 0.3) is 17.5 Å². The van der Waals surface area contributed by atoms with Crippen molar-refractivity contribution in [1.82, 2.24) is 5.06 Å². The SMILES string of the molecule is O=C1c2ccccc2C(=O)N1OS(=O)(=O)c1cccc([N+](=O)[O-])c1. The summed E-state index contributed by atoms with van der Waals surface area (Å²) in [5, 5.41) is 10.9.